The van der Waals surface area contributed by atoms with Gasteiger partial charge in [0.2, 0.25) is 10.0 Å². The number of nitrogens with zero attached hydrogens (tertiary/aromatic N) is 1. The fourth-order valence-electron chi connectivity index (χ4n) is 1.54. The van der Waals surface area contributed by atoms with Crippen molar-refractivity contribution in [2.45, 2.75) is 18.7 Å². The van der Waals surface area contributed by atoms with Gasteiger partial charge in [0, 0.05) is 19.3 Å². The molecular formula is C12H18N2O2S. The summed E-state index contributed by atoms with van der Waals surface area (Å²) in [5.74, 6) is 0. The Bertz CT molecular complexity index is 535. The Labute approximate surface area is 103 Å². The predicted octanol–water partition coefficient (Wildman–Crippen LogP) is 1.77. The number of nitrogens with two attached hydrogens (primary N) is 1. The predicted molar refractivity (Wildman–Crippen MR) is 70.2 cm³/mol. The van der Waals surface area contributed by atoms with Crippen molar-refractivity contribution >= 4 is 15.7 Å². The van der Waals surface area contributed by atoms with Gasteiger partial charge in [-0.1, -0.05) is 18.2 Å². The maximum Gasteiger partial charge on any atom is 0.243 e. The van der Waals surface area contributed by atoms with Crippen molar-refractivity contribution in [2.75, 3.05) is 19.3 Å². The Kier molecular flexibility index (Phi) is 3.95. The molecule has 5 heteroatoms. The first-order chi connectivity index (χ1) is 7.76. The molecule has 0 saturated carbocycles. The Morgan fingerprint density at radius 1 is 1.47 bits per heavy atom. The van der Waals surface area contributed by atoms with Crippen LogP contribution in [-0.4, -0.2) is 26.3 Å². The molecule has 0 fully saturated rings. The molecule has 0 saturated heterocycles. The van der Waals surface area contributed by atoms with Gasteiger partial charge in [-0.3, -0.25) is 0 Å². The largest absolute Gasteiger partial charge is 0.398 e. The molecule has 1 aromatic carbocycles. The molecule has 1 rings (SSSR count). The first kappa shape index (κ1) is 13.7. The molecule has 2 N–H and O–H groups in total. The van der Waals surface area contributed by atoms with Crippen molar-refractivity contribution in [2.24, 2.45) is 0 Å². The maximum atomic E-state index is 12.3. The molecule has 0 amide bonds. The lowest BCUT2D eigenvalue weighted by molar-refractivity contribution is 0.492. The van der Waals surface area contributed by atoms with E-state index in [1.165, 1.54) is 11.4 Å². The Morgan fingerprint density at radius 3 is 2.59 bits per heavy atom. The third-order valence-corrected chi connectivity index (χ3v) is 4.45. The van der Waals surface area contributed by atoms with Gasteiger partial charge >= 0.3 is 0 Å². The van der Waals surface area contributed by atoms with E-state index in [1.54, 1.807) is 32.0 Å². The molecule has 0 bridgehead atoms. The summed E-state index contributed by atoms with van der Waals surface area (Å²) in [5, 5.41) is 0. The normalized spacial score (nSPS) is 11.8. The summed E-state index contributed by atoms with van der Waals surface area (Å²) < 4.78 is 25.8. The summed E-state index contributed by atoms with van der Waals surface area (Å²) in [5.41, 5.74) is 7.57. The molecule has 0 heterocycles. The third kappa shape index (κ3) is 2.87. The van der Waals surface area contributed by atoms with Crippen LogP contribution in [0.2, 0.25) is 0 Å². The van der Waals surface area contributed by atoms with Crippen LogP contribution in [0.5, 0.6) is 0 Å². The molecule has 17 heavy (non-hydrogen) atoms. The number of likely N-dealkylation sites (N-methyl/N-ethyl adjacent to an activating group) is 1. The van der Waals surface area contributed by atoms with Crippen molar-refractivity contribution in [3.8, 4) is 0 Å². The fraction of sp³-hybridized carbons (Fsp3) is 0.333. The zero-order valence-corrected chi connectivity index (χ0v) is 11.2. The van der Waals surface area contributed by atoms with Crippen molar-refractivity contribution in [1.29, 1.82) is 0 Å². The van der Waals surface area contributed by atoms with Crippen molar-refractivity contribution < 1.29 is 8.42 Å². The number of hydrogen-bond acceptors (Lipinski definition) is 3. The van der Waals surface area contributed by atoms with Gasteiger partial charge in [-0.15, -0.1) is 0 Å². The first-order valence-corrected chi connectivity index (χ1v) is 6.66. The number of rotatable bonds is 4. The highest BCUT2D eigenvalue weighted by Gasteiger charge is 2.23. The molecule has 1 aromatic rings. The molecule has 4 nitrogen and oxygen atoms in total. The van der Waals surface area contributed by atoms with E-state index in [-0.39, 0.29) is 4.90 Å². The van der Waals surface area contributed by atoms with Crippen molar-refractivity contribution in [1.82, 2.24) is 4.31 Å². The zero-order valence-electron chi connectivity index (χ0n) is 10.4. The molecule has 94 valence electrons. The topological polar surface area (TPSA) is 63.4 Å². The SMILES string of the molecule is C=C(C)CN(C)S(=O)(=O)c1cccc(N)c1C. The summed E-state index contributed by atoms with van der Waals surface area (Å²) in [6, 6.07) is 4.90. The van der Waals surface area contributed by atoms with Gasteiger partial charge in [-0.25, -0.2) is 8.42 Å². The van der Waals surface area contributed by atoms with E-state index in [1.807, 2.05) is 0 Å². The molecule has 0 aromatic heterocycles. The second-order valence-electron chi connectivity index (χ2n) is 4.19. The van der Waals surface area contributed by atoms with Gasteiger partial charge < -0.3 is 5.73 Å². The molecule has 0 aliphatic heterocycles. The van der Waals surface area contributed by atoms with Gasteiger partial charge in [-0.05, 0) is 31.5 Å². The van der Waals surface area contributed by atoms with Gasteiger partial charge in [0.1, 0.15) is 0 Å². The number of anilines is 1. The lowest BCUT2D eigenvalue weighted by Gasteiger charge is -2.19. The third-order valence-electron chi connectivity index (χ3n) is 2.51. The summed E-state index contributed by atoms with van der Waals surface area (Å²) in [4.78, 5) is 0.251. The van der Waals surface area contributed by atoms with Crippen LogP contribution in [0.25, 0.3) is 0 Å². The highest BCUT2D eigenvalue weighted by Crippen LogP contribution is 2.23. The summed E-state index contributed by atoms with van der Waals surface area (Å²) >= 11 is 0. The van der Waals surface area contributed by atoms with Crippen LogP contribution >= 0.6 is 0 Å². The lowest BCUT2D eigenvalue weighted by atomic mass is 10.2. The standard InChI is InChI=1S/C12H18N2O2S/c1-9(2)8-14(4)17(15,16)12-7-5-6-11(13)10(12)3/h5-7H,1,8,13H2,2-4H3. The van der Waals surface area contributed by atoms with Crippen molar-refractivity contribution in [3.05, 3.63) is 35.9 Å². The van der Waals surface area contributed by atoms with E-state index in [0.717, 1.165) is 5.57 Å². The number of nitrogen functional groups attached to an aromatic ring is 1. The van der Waals surface area contributed by atoms with Crippen LogP contribution in [0.3, 0.4) is 0 Å². The summed E-state index contributed by atoms with van der Waals surface area (Å²) in [7, 11) is -1.96. The second-order valence-corrected chi connectivity index (χ2v) is 6.20. The van der Waals surface area contributed by atoms with Crippen LogP contribution in [0.4, 0.5) is 5.69 Å². The van der Waals surface area contributed by atoms with Crippen LogP contribution in [0.15, 0.2) is 35.2 Å². The minimum Gasteiger partial charge on any atom is -0.398 e. The van der Waals surface area contributed by atoms with Crippen LogP contribution in [0, 0.1) is 6.92 Å². The quantitative estimate of drug-likeness (QED) is 0.658. The van der Waals surface area contributed by atoms with Crippen LogP contribution in [0.1, 0.15) is 12.5 Å². The van der Waals surface area contributed by atoms with Gasteiger partial charge in [0.25, 0.3) is 0 Å². The molecular weight excluding hydrogens is 236 g/mol. The molecule has 0 unspecified atom stereocenters. The average molecular weight is 254 g/mol. The Hall–Kier alpha value is -1.33. The van der Waals surface area contributed by atoms with E-state index < -0.39 is 10.0 Å². The van der Waals surface area contributed by atoms with E-state index in [2.05, 4.69) is 6.58 Å². The number of hydrogen-bond donors (Lipinski definition) is 1. The molecule has 0 radical (unpaired) electrons. The first-order valence-electron chi connectivity index (χ1n) is 5.22. The van der Waals surface area contributed by atoms with Gasteiger partial charge in [-0.2, -0.15) is 4.31 Å². The minimum absolute atomic E-state index is 0.251. The van der Waals surface area contributed by atoms with E-state index >= 15 is 0 Å². The maximum absolute atomic E-state index is 12.3. The highest BCUT2D eigenvalue weighted by molar-refractivity contribution is 7.89. The van der Waals surface area contributed by atoms with Gasteiger partial charge in [0.05, 0.1) is 4.90 Å². The lowest BCUT2D eigenvalue weighted by Crippen LogP contribution is -2.29. The monoisotopic (exact) mass is 254 g/mol. The second kappa shape index (κ2) is 4.89. The molecule has 0 aliphatic rings. The van der Waals surface area contributed by atoms with Crippen LogP contribution in [-0.2, 0) is 10.0 Å². The Morgan fingerprint density at radius 2 is 2.06 bits per heavy atom. The van der Waals surface area contributed by atoms with Crippen LogP contribution < -0.4 is 5.73 Å². The Balaban J connectivity index is 3.22. The van der Waals surface area contributed by atoms with E-state index in [9.17, 15) is 8.42 Å². The highest BCUT2D eigenvalue weighted by atomic mass is 32.2. The average Bonchev–Trinajstić information content (AvgIpc) is 2.20. The van der Waals surface area contributed by atoms with E-state index in [0.29, 0.717) is 17.8 Å². The van der Waals surface area contributed by atoms with E-state index in [4.69, 9.17) is 5.73 Å². The fourth-order valence-corrected chi connectivity index (χ4v) is 3.03. The molecule has 0 aliphatic carbocycles. The summed E-state index contributed by atoms with van der Waals surface area (Å²) in [6.45, 7) is 7.51. The van der Waals surface area contributed by atoms with Gasteiger partial charge in [0.15, 0.2) is 0 Å². The minimum atomic E-state index is -3.49. The number of benzene rings is 1. The molecule has 0 spiro atoms. The van der Waals surface area contributed by atoms with Crippen molar-refractivity contribution in [3.63, 3.8) is 0 Å². The molecule has 0 atom stereocenters. The zero-order chi connectivity index (χ0) is 13.2. The number of sulfonamides is 1. The summed E-state index contributed by atoms with van der Waals surface area (Å²) in [6.07, 6.45) is 0. The smallest absolute Gasteiger partial charge is 0.243 e.